The van der Waals surface area contributed by atoms with Crippen LogP contribution < -0.4 is 10.6 Å². The van der Waals surface area contributed by atoms with Gasteiger partial charge in [-0.2, -0.15) is 0 Å². The molecule has 0 fully saturated rings. The largest absolute Gasteiger partial charge is 0.355 e. The molecule has 0 bridgehead atoms. The Balaban J connectivity index is 0.00000324. The van der Waals surface area contributed by atoms with Crippen LogP contribution in [-0.2, 0) is 10.2 Å². The molecule has 1 aromatic rings. The first-order valence-corrected chi connectivity index (χ1v) is 6.48. The summed E-state index contributed by atoms with van der Waals surface area (Å²) in [5, 5.41) is 6.06. The third kappa shape index (κ3) is 5.21. The highest BCUT2D eigenvalue weighted by atomic mass is 35.5. The topological polar surface area (TPSA) is 41.1 Å². The number of carbonyl (C=O) groups excluding carboxylic acids is 1. The monoisotopic (exact) mass is 284 g/mol. The Hall–Kier alpha value is -1.06. The molecule has 0 unspecified atom stereocenters. The molecule has 0 radical (unpaired) electrons. The molecular weight excluding hydrogens is 260 g/mol. The van der Waals surface area contributed by atoms with E-state index in [0.717, 1.165) is 25.1 Å². The van der Waals surface area contributed by atoms with Gasteiger partial charge in [0.25, 0.3) is 0 Å². The Labute approximate surface area is 122 Å². The van der Waals surface area contributed by atoms with Gasteiger partial charge in [0.1, 0.15) is 0 Å². The Morgan fingerprint density at radius 2 is 1.74 bits per heavy atom. The van der Waals surface area contributed by atoms with Crippen LogP contribution in [0.3, 0.4) is 0 Å². The molecule has 0 atom stereocenters. The second kappa shape index (κ2) is 8.18. The van der Waals surface area contributed by atoms with Crippen molar-refractivity contribution in [3.05, 3.63) is 35.4 Å². The van der Waals surface area contributed by atoms with Crippen molar-refractivity contribution in [1.29, 1.82) is 0 Å². The number of benzene rings is 1. The fourth-order valence-electron chi connectivity index (χ4n) is 1.79. The quantitative estimate of drug-likeness (QED) is 0.788. The third-order valence-corrected chi connectivity index (χ3v) is 3.23. The number of rotatable bonds is 6. The normalized spacial score (nSPS) is 10.7. The number of halogens is 1. The van der Waals surface area contributed by atoms with E-state index >= 15 is 0 Å². The molecule has 1 rings (SSSR count). The first-order valence-electron chi connectivity index (χ1n) is 6.48. The summed E-state index contributed by atoms with van der Waals surface area (Å²) >= 11 is 0. The van der Waals surface area contributed by atoms with Gasteiger partial charge in [-0.15, -0.1) is 12.4 Å². The van der Waals surface area contributed by atoms with Gasteiger partial charge < -0.3 is 10.6 Å². The van der Waals surface area contributed by atoms with Crippen molar-refractivity contribution in [2.24, 2.45) is 0 Å². The van der Waals surface area contributed by atoms with Gasteiger partial charge in [0.2, 0.25) is 5.91 Å². The maximum absolute atomic E-state index is 12.2. The molecule has 19 heavy (non-hydrogen) atoms. The van der Waals surface area contributed by atoms with Crippen LogP contribution >= 0.6 is 12.4 Å². The number of carbonyl (C=O) groups is 1. The molecule has 0 aliphatic carbocycles. The number of nitrogens with one attached hydrogen (secondary N) is 2. The average molecular weight is 285 g/mol. The summed E-state index contributed by atoms with van der Waals surface area (Å²) in [4.78, 5) is 12.2. The van der Waals surface area contributed by atoms with E-state index in [2.05, 4.69) is 17.6 Å². The van der Waals surface area contributed by atoms with Crippen molar-refractivity contribution in [3.8, 4) is 0 Å². The van der Waals surface area contributed by atoms with Gasteiger partial charge in [-0.3, -0.25) is 4.79 Å². The van der Waals surface area contributed by atoms with Crippen molar-refractivity contribution < 1.29 is 4.79 Å². The summed E-state index contributed by atoms with van der Waals surface area (Å²) in [6.07, 6.45) is 0.951. The minimum Gasteiger partial charge on any atom is -0.355 e. The molecule has 0 saturated heterocycles. The van der Waals surface area contributed by atoms with E-state index in [0.29, 0.717) is 0 Å². The smallest absolute Gasteiger partial charge is 0.230 e. The number of hydrogen-bond acceptors (Lipinski definition) is 2. The zero-order chi connectivity index (χ0) is 13.6. The summed E-state index contributed by atoms with van der Waals surface area (Å²) in [6.45, 7) is 7.62. The van der Waals surface area contributed by atoms with Crippen LogP contribution in [-0.4, -0.2) is 26.0 Å². The van der Waals surface area contributed by atoms with Gasteiger partial charge in [0.05, 0.1) is 5.41 Å². The lowest BCUT2D eigenvalue weighted by atomic mass is 9.83. The van der Waals surface area contributed by atoms with E-state index in [-0.39, 0.29) is 18.3 Å². The summed E-state index contributed by atoms with van der Waals surface area (Å²) in [6, 6.07) is 8.15. The van der Waals surface area contributed by atoms with E-state index in [1.165, 1.54) is 5.56 Å². The minimum atomic E-state index is -0.479. The third-order valence-electron chi connectivity index (χ3n) is 3.23. The van der Waals surface area contributed by atoms with Crippen LogP contribution in [0, 0.1) is 6.92 Å². The summed E-state index contributed by atoms with van der Waals surface area (Å²) in [7, 11) is 1.91. The lowest BCUT2D eigenvalue weighted by Gasteiger charge is -2.24. The average Bonchev–Trinajstić information content (AvgIpc) is 2.35. The van der Waals surface area contributed by atoms with Crippen LogP contribution in [0.5, 0.6) is 0 Å². The lowest BCUT2D eigenvalue weighted by Crippen LogP contribution is -2.40. The molecule has 0 aliphatic rings. The van der Waals surface area contributed by atoms with Gasteiger partial charge in [-0.25, -0.2) is 0 Å². The zero-order valence-electron chi connectivity index (χ0n) is 12.2. The molecule has 108 valence electrons. The predicted octanol–water partition coefficient (Wildman–Crippen LogP) is 2.42. The van der Waals surface area contributed by atoms with Crippen LogP contribution in [0.1, 0.15) is 31.4 Å². The second-order valence-electron chi connectivity index (χ2n) is 5.20. The van der Waals surface area contributed by atoms with E-state index in [1.807, 2.05) is 45.2 Å². The van der Waals surface area contributed by atoms with Crippen molar-refractivity contribution in [1.82, 2.24) is 10.6 Å². The first kappa shape index (κ1) is 17.9. The highest BCUT2D eigenvalue weighted by Crippen LogP contribution is 2.23. The lowest BCUT2D eigenvalue weighted by molar-refractivity contribution is -0.125. The summed E-state index contributed by atoms with van der Waals surface area (Å²) < 4.78 is 0. The summed E-state index contributed by atoms with van der Waals surface area (Å²) in [5.74, 6) is 0.0856. The number of hydrogen-bond donors (Lipinski definition) is 2. The molecule has 0 aromatic heterocycles. The molecular formula is C15H25ClN2O. The fraction of sp³-hybridized carbons (Fsp3) is 0.533. The van der Waals surface area contributed by atoms with E-state index in [1.54, 1.807) is 0 Å². The van der Waals surface area contributed by atoms with Crippen molar-refractivity contribution in [3.63, 3.8) is 0 Å². The predicted molar refractivity (Wildman–Crippen MR) is 83.0 cm³/mol. The van der Waals surface area contributed by atoms with Crippen LogP contribution in [0.2, 0.25) is 0 Å². The van der Waals surface area contributed by atoms with Crippen molar-refractivity contribution in [2.75, 3.05) is 20.1 Å². The van der Waals surface area contributed by atoms with Crippen LogP contribution in [0.25, 0.3) is 0 Å². The maximum atomic E-state index is 12.2. The Kier molecular flexibility index (Phi) is 7.72. The van der Waals surface area contributed by atoms with Crippen molar-refractivity contribution in [2.45, 2.75) is 32.6 Å². The molecule has 0 spiro atoms. The molecule has 0 heterocycles. The minimum absolute atomic E-state index is 0. The van der Waals surface area contributed by atoms with E-state index in [9.17, 15) is 4.79 Å². The highest BCUT2D eigenvalue weighted by molar-refractivity contribution is 5.87. The Morgan fingerprint density at radius 1 is 1.16 bits per heavy atom. The van der Waals surface area contributed by atoms with Gasteiger partial charge in [-0.1, -0.05) is 29.8 Å². The van der Waals surface area contributed by atoms with Gasteiger partial charge in [0, 0.05) is 6.54 Å². The highest BCUT2D eigenvalue weighted by Gasteiger charge is 2.29. The molecule has 3 nitrogen and oxygen atoms in total. The van der Waals surface area contributed by atoms with Crippen LogP contribution in [0.4, 0.5) is 0 Å². The second-order valence-corrected chi connectivity index (χ2v) is 5.20. The molecule has 0 saturated carbocycles. The van der Waals surface area contributed by atoms with E-state index in [4.69, 9.17) is 0 Å². The number of aryl methyl sites for hydroxylation is 1. The molecule has 0 aliphatic heterocycles. The van der Waals surface area contributed by atoms with Gasteiger partial charge in [0.15, 0.2) is 0 Å². The fourth-order valence-corrected chi connectivity index (χ4v) is 1.79. The molecule has 1 amide bonds. The SMILES string of the molecule is CNCCCNC(=O)C(C)(C)c1ccc(C)cc1.Cl. The Bertz CT molecular complexity index is 388. The first-order chi connectivity index (χ1) is 8.48. The zero-order valence-corrected chi connectivity index (χ0v) is 13.1. The Morgan fingerprint density at radius 3 is 2.26 bits per heavy atom. The summed E-state index contributed by atoms with van der Waals surface area (Å²) in [5.41, 5.74) is 1.79. The number of amides is 1. The van der Waals surface area contributed by atoms with Gasteiger partial charge >= 0.3 is 0 Å². The van der Waals surface area contributed by atoms with Crippen LogP contribution in [0.15, 0.2) is 24.3 Å². The van der Waals surface area contributed by atoms with Crippen molar-refractivity contribution >= 4 is 18.3 Å². The standard InChI is InChI=1S/C15H24N2O.ClH/c1-12-6-8-13(9-7-12)15(2,3)14(18)17-11-5-10-16-4;/h6-9,16H,5,10-11H2,1-4H3,(H,17,18);1H. The molecule has 2 N–H and O–H groups in total. The maximum Gasteiger partial charge on any atom is 0.230 e. The molecule has 1 aromatic carbocycles. The van der Waals surface area contributed by atoms with E-state index < -0.39 is 5.41 Å². The molecule has 4 heteroatoms. The van der Waals surface area contributed by atoms with Gasteiger partial charge in [-0.05, 0) is 46.3 Å².